The Hall–Kier alpha value is -7.10. The number of benzene rings is 9. The van der Waals surface area contributed by atoms with Crippen LogP contribution in [-0.2, 0) is 6.42 Å². The molecule has 0 saturated carbocycles. The minimum Gasteiger partial charge on any atom is -0.456 e. The summed E-state index contributed by atoms with van der Waals surface area (Å²) in [6.07, 6.45) is 0.964. The summed E-state index contributed by atoms with van der Waals surface area (Å²) in [6, 6.07) is 66.4. The Bertz CT molecular complexity index is 3150. The van der Waals surface area contributed by atoms with Crippen LogP contribution in [0.15, 0.2) is 186 Å². The molecule has 0 bridgehead atoms. The van der Waals surface area contributed by atoms with Crippen molar-refractivity contribution in [2.45, 2.75) is 6.42 Å². The lowest BCUT2D eigenvalue weighted by Gasteiger charge is -2.28. The number of para-hydroxylation sites is 2. The van der Waals surface area contributed by atoms with Gasteiger partial charge in [0.25, 0.3) is 0 Å². The lowest BCUT2D eigenvalue weighted by molar-refractivity contribution is 0.669. The van der Waals surface area contributed by atoms with E-state index in [2.05, 4.69) is 192 Å². The number of anilines is 5. The van der Waals surface area contributed by atoms with Gasteiger partial charge in [0.05, 0.1) is 11.4 Å². The Kier molecular flexibility index (Phi) is 6.46. The lowest BCUT2D eigenvalue weighted by Crippen LogP contribution is -2.12. The molecule has 0 saturated heterocycles. The molecule has 1 aliphatic heterocycles. The first-order valence-corrected chi connectivity index (χ1v) is 19.1. The van der Waals surface area contributed by atoms with E-state index in [1.807, 2.05) is 0 Å². The molecule has 0 atom stereocenters. The Labute approximate surface area is 318 Å². The molecule has 9 aromatic carbocycles. The van der Waals surface area contributed by atoms with E-state index in [1.165, 1.54) is 71.9 Å². The van der Waals surface area contributed by atoms with Crippen molar-refractivity contribution < 1.29 is 4.42 Å². The molecule has 0 unspecified atom stereocenters. The van der Waals surface area contributed by atoms with Crippen LogP contribution >= 0.6 is 0 Å². The molecule has 10 aromatic rings. The fourth-order valence-corrected chi connectivity index (χ4v) is 9.48. The van der Waals surface area contributed by atoms with Gasteiger partial charge in [-0.3, -0.25) is 0 Å². The van der Waals surface area contributed by atoms with E-state index >= 15 is 0 Å². The zero-order valence-electron chi connectivity index (χ0n) is 30.0. The van der Waals surface area contributed by atoms with E-state index in [0.29, 0.717) is 0 Å². The van der Waals surface area contributed by atoms with E-state index in [4.69, 9.17) is 4.42 Å². The molecule has 0 radical (unpaired) electrons. The van der Waals surface area contributed by atoms with Crippen molar-refractivity contribution in [3.63, 3.8) is 0 Å². The second-order valence-electron chi connectivity index (χ2n) is 14.8. The molecule has 0 N–H and O–H groups in total. The van der Waals surface area contributed by atoms with E-state index in [-0.39, 0.29) is 0 Å². The van der Waals surface area contributed by atoms with Gasteiger partial charge in [0.15, 0.2) is 0 Å². The van der Waals surface area contributed by atoms with E-state index in [0.717, 1.165) is 52.0 Å². The molecule has 258 valence electrons. The smallest absolute Gasteiger partial charge is 0.138 e. The van der Waals surface area contributed by atoms with Crippen molar-refractivity contribution in [3.05, 3.63) is 188 Å². The number of nitrogens with zero attached hydrogens (tertiary/aromatic N) is 2. The molecule has 2 heterocycles. The molecule has 0 amide bonds. The largest absolute Gasteiger partial charge is 0.456 e. The van der Waals surface area contributed by atoms with Gasteiger partial charge in [0.1, 0.15) is 11.2 Å². The molecular formula is C52H34N2O. The van der Waals surface area contributed by atoms with Gasteiger partial charge in [-0.25, -0.2) is 0 Å². The van der Waals surface area contributed by atoms with Crippen molar-refractivity contribution >= 4 is 71.9 Å². The van der Waals surface area contributed by atoms with Gasteiger partial charge in [-0.05, 0) is 110 Å². The maximum absolute atomic E-state index is 6.80. The van der Waals surface area contributed by atoms with Crippen LogP contribution in [0.4, 0.5) is 28.4 Å². The minimum absolute atomic E-state index is 0.883. The van der Waals surface area contributed by atoms with Crippen LogP contribution < -0.4 is 9.80 Å². The second kappa shape index (κ2) is 11.7. The summed E-state index contributed by atoms with van der Waals surface area (Å²) < 4.78 is 6.80. The standard InChI is InChI=1S/C52H34N2O/c1-2-14-35(15-3-1)53-29-28-41-40(19-11-22-47(41)53)46-31-37(32-50-52(46)45-18-8-9-23-49(45)55-50)54(36-25-24-33-12-4-5-13-34(33)30-36)48-27-26-43-39-17-7-6-16-38(39)42-20-10-21-44(48)51(42)43/h1-27,30-32H,28-29H2. The van der Waals surface area contributed by atoms with Gasteiger partial charge in [0.2, 0.25) is 0 Å². The van der Waals surface area contributed by atoms with Gasteiger partial charge in [-0.15, -0.1) is 0 Å². The van der Waals surface area contributed by atoms with Crippen LogP contribution in [0.3, 0.4) is 0 Å². The van der Waals surface area contributed by atoms with E-state index in [9.17, 15) is 0 Å². The van der Waals surface area contributed by atoms with Crippen molar-refractivity contribution in [3.8, 4) is 33.4 Å². The summed E-state index contributed by atoms with van der Waals surface area (Å²) in [5.74, 6) is 0. The third kappa shape index (κ3) is 4.50. The summed E-state index contributed by atoms with van der Waals surface area (Å²) in [5.41, 5.74) is 16.6. The highest BCUT2D eigenvalue weighted by Crippen LogP contribution is 2.52. The molecule has 0 fully saturated rings. The maximum Gasteiger partial charge on any atom is 0.138 e. The highest BCUT2D eigenvalue weighted by molar-refractivity contribution is 6.20. The number of hydrogen-bond acceptors (Lipinski definition) is 3. The molecule has 2 aliphatic rings. The zero-order chi connectivity index (χ0) is 36.0. The topological polar surface area (TPSA) is 19.6 Å². The van der Waals surface area contributed by atoms with Crippen molar-refractivity contribution in [2.24, 2.45) is 0 Å². The Morgan fingerprint density at radius 2 is 1.15 bits per heavy atom. The second-order valence-corrected chi connectivity index (χ2v) is 14.8. The number of furan rings is 1. The molecule has 12 rings (SSSR count). The van der Waals surface area contributed by atoms with Crippen LogP contribution in [0, 0.1) is 0 Å². The number of hydrogen-bond donors (Lipinski definition) is 0. The maximum atomic E-state index is 6.80. The van der Waals surface area contributed by atoms with Crippen molar-refractivity contribution in [2.75, 3.05) is 16.3 Å². The molecule has 3 nitrogen and oxygen atoms in total. The monoisotopic (exact) mass is 702 g/mol. The number of rotatable bonds is 5. The third-order valence-electron chi connectivity index (χ3n) is 11.9. The quantitative estimate of drug-likeness (QED) is 0.178. The highest BCUT2D eigenvalue weighted by Gasteiger charge is 2.28. The molecule has 1 aliphatic carbocycles. The third-order valence-corrected chi connectivity index (χ3v) is 11.9. The van der Waals surface area contributed by atoms with Crippen molar-refractivity contribution in [1.29, 1.82) is 0 Å². The van der Waals surface area contributed by atoms with Crippen LogP contribution in [0.2, 0.25) is 0 Å². The molecular weight excluding hydrogens is 669 g/mol. The Morgan fingerprint density at radius 3 is 2.04 bits per heavy atom. The summed E-state index contributed by atoms with van der Waals surface area (Å²) in [6.45, 7) is 0.942. The highest BCUT2D eigenvalue weighted by atomic mass is 16.3. The van der Waals surface area contributed by atoms with Crippen LogP contribution in [0.5, 0.6) is 0 Å². The average molecular weight is 703 g/mol. The predicted octanol–water partition coefficient (Wildman–Crippen LogP) is 14.4. The summed E-state index contributed by atoms with van der Waals surface area (Å²) >= 11 is 0. The molecule has 1 aromatic heterocycles. The normalized spacial score (nSPS) is 12.9. The van der Waals surface area contributed by atoms with Crippen LogP contribution in [0.25, 0.3) is 76.9 Å². The first kappa shape index (κ1) is 30.4. The molecule has 55 heavy (non-hydrogen) atoms. The summed E-state index contributed by atoms with van der Waals surface area (Å²) in [5, 5.41) is 7.24. The van der Waals surface area contributed by atoms with Gasteiger partial charge >= 0.3 is 0 Å². The van der Waals surface area contributed by atoms with E-state index < -0.39 is 0 Å². The van der Waals surface area contributed by atoms with Crippen LogP contribution in [0.1, 0.15) is 5.56 Å². The fourth-order valence-electron chi connectivity index (χ4n) is 9.48. The number of fused-ring (bicyclic) bond motifs is 8. The zero-order valence-corrected chi connectivity index (χ0v) is 30.0. The van der Waals surface area contributed by atoms with Gasteiger partial charge in [-0.2, -0.15) is 0 Å². The summed E-state index contributed by atoms with van der Waals surface area (Å²) in [7, 11) is 0. The summed E-state index contributed by atoms with van der Waals surface area (Å²) in [4.78, 5) is 4.91. The van der Waals surface area contributed by atoms with Gasteiger partial charge < -0.3 is 14.2 Å². The van der Waals surface area contributed by atoms with Gasteiger partial charge in [-0.1, -0.05) is 127 Å². The average Bonchev–Trinajstić information content (AvgIpc) is 3.95. The van der Waals surface area contributed by atoms with Gasteiger partial charge in [0, 0.05) is 45.8 Å². The van der Waals surface area contributed by atoms with Crippen LogP contribution in [-0.4, -0.2) is 6.54 Å². The molecule has 0 spiro atoms. The van der Waals surface area contributed by atoms with E-state index in [1.54, 1.807) is 0 Å². The predicted molar refractivity (Wildman–Crippen MR) is 230 cm³/mol. The first-order chi connectivity index (χ1) is 27.3. The minimum atomic E-state index is 0.883. The Balaban J connectivity index is 1.15. The molecule has 3 heteroatoms. The Morgan fingerprint density at radius 1 is 0.436 bits per heavy atom. The van der Waals surface area contributed by atoms with Crippen molar-refractivity contribution in [1.82, 2.24) is 0 Å². The fraction of sp³-hybridized carbons (Fsp3) is 0.0385. The first-order valence-electron chi connectivity index (χ1n) is 19.1. The lowest BCUT2D eigenvalue weighted by atomic mass is 9.93. The SMILES string of the molecule is c1ccc(N2CCc3c(-c4cc(N(c5ccc6ccccc6c5)c5ccc6c7c(cccc57)-c5ccccc5-6)cc5oc6ccccc6c45)cccc32)cc1.